The van der Waals surface area contributed by atoms with Gasteiger partial charge in [0.2, 0.25) is 0 Å². The second-order valence-electron chi connectivity index (χ2n) is 5.40. The predicted octanol–water partition coefficient (Wildman–Crippen LogP) is 3.25. The number of nitrogens with zero attached hydrogens (tertiary/aromatic N) is 3. The van der Waals surface area contributed by atoms with Crippen LogP contribution in [0.4, 0.5) is 0 Å². The molecule has 20 heavy (non-hydrogen) atoms. The minimum absolute atomic E-state index is 0.441. The average Bonchev–Trinajstić information content (AvgIpc) is 2.83. The van der Waals surface area contributed by atoms with Crippen molar-refractivity contribution in [1.29, 1.82) is 0 Å². The molecule has 0 fully saturated rings. The van der Waals surface area contributed by atoms with Gasteiger partial charge in [-0.15, -0.1) is 5.10 Å². The molecule has 0 unspecified atom stereocenters. The number of rotatable bonds is 5. The van der Waals surface area contributed by atoms with Gasteiger partial charge in [-0.05, 0) is 49.9 Å². The van der Waals surface area contributed by atoms with Crippen LogP contribution in [0.25, 0.3) is 5.69 Å². The number of aromatic nitrogens is 3. The molecule has 2 rings (SSSR count). The molecule has 0 radical (unpaired) electrons. The van der Waals surface area contributed by atoms with E-state index in [0.29, 0.717) is 12.5 Å². The maximum absolute atomic E-state index is 5.83. The summed E-state index contributed by atoms with van der Waals surface area (Å²) in [6.45, 7) is 9.05. The van der Waals surface area contributed by atoms with E-state index in [1.165, 1.54) is 16.8 Å². The van der Waals surface area contributed by atoms with Gasteiger partial charge in [-0.3, -0.25) is 0 Å². The third-order valence-electron chi connectivity index (χ3n) is 3.80. The molecule has 0 atom stereocenters. The van der Waals surface area contributed by atoms with E-state index in [1.54, 1.807) is 0 Å². The summed E-state index contributed by atoms with van der Waals surface area (Å²) in [6.07, 6.45) is 2.14. The first-order valence-corrected chi connectivity index (χ1v) is 7.33. The first-order valence-electron chi connectivity index (χ1n) is 7.33. The van der Waals surface area contributed by atoms with E-state index in [1.807, 2.05) is 4.68 Å². The summed E-state index contributed by atoms with van der Waals surface area (Å²) in [5.41, 5.74) is 11.5. The molecule has 2 aromatic rings. The van der Waals surface area contributed by atoms with Gasteiger partial charge >= 0.3 is 0 Å². The van der Waals surface area contributed by atoms with Crippen LogP contribution < -0.4 is 5.73 Å². The third kappa shape index (κ3) is 2.75. The van der Waals surface area contributed by atoms with Crippen molar-refractivity contribution in [3.8, 4) is 5.69 Å². The monoisotopic (exact) mass is 272 g/mol. The molecule has 0 saturated carbocycles. The fourth-order valence-corrected chi connectivity index (χ4v) is 2.81. The van der Waals surface area contributed by atoms with Gasteiger partial charge in [0.15, 0.2) is 0 Å². The Labute approximate surface area is 121 Å². The fourth-order valence-electron chi connectivity index (χ4n) is 2.81. The van der Waals surface area contributed by atoms with E-state index >= 15 is 0 Å². The highest BCUT2D eigenvalue weighted by atomic mass is 15.4. The molecule has 108 valence electrons. The van der Waals surface area contributed by atoms with Gasteiger partial charge in [-0.2, -0.15) is 0 Å². The van der Waals surface area contributed by atoms with E-state index < -0.39 is 0 Å². The molecule has 4 nitrogen and oxygen atoms in total. The van der Waals surface area contributed by atoms with Crippen molar-refractivity contribution in [2.75, 3.05) is 0 Å². The first-order chi connectivity index (χ1) is 9.60. The summed E-state index contributed by atoms with van der Waals surface area (Å²) in [4.78, 5) is 0. The Morgan fingerprint density at radius 3 is 2.20 bits per heavy atom. The minimum Gasteiger partial charge on any atom is -0.325 e. The summed E-state index contributed by atoms with van der Waals surface area (Å²) >= 11 is 0. The molecular formula is C16H24N4. The van der Waals surface area contributed by atoms with Crippen molar-refractivity contribution < 1.29 is 0 Å². The summed E-state index contributed by atoms with van der Waals surface area (Å²) in [6, 6.07) is 6.46. The van der Waals surface area contributed by atoms with Gasteiger partial charge in [0.1, 0.15) is 5.69 Å². The Kier molecular flexibility index (Phi) is 4.55. The lowest BCUT2D eigenvalue weighted by molar-refractivity contribution is 0.590. The topological polar surface area (TPSA) is 56.7 Å². The lowest BCUT2D eigenvalue weighted by Crippen LogP contribution is -2.11. The molecule has 0 aliphatic carbocycles. The summed E-state index contributed by atoms with van der Waals surface area (Å²) < 4.78 is 1.97. The van der Waals surface area contributed by atoms with Crippen molar-refractivity contribution >= 4 is 0 Å². The van der Waals surface area contributed by atoms with Crippen molar-refractivity contribution in [2.45, 2.75) is 53.0 Å². The number of hydrogen-bond acceptors (Lipinski definition) is 3. The van der Waals surface area contributed by atoms with Gasteiger partial charge in [0.25, 0.3) is 0 Å². The molecule has 1 aromatic heterocycles. The number of aryl methyl sites for hydroxylation is 2. The summed E-state index contributed by atoms with van der Waals surface area (Å²) in [7, 11) is 0. The molecule has 4 heteroatoms. The standard InChI is InChI=1S/C16H24N4/c1-5-13(6-2)16-15(10-17)18-19-20(16)14-8-11(3)7-12(4)9-14/h7-9,13H,5-6,10,17H2,1-4H3. The van der Waals surface area contributed by atoms with Gasteiger partial charge in [-0.1, -0.05) is 25.1 Å². The predicted molar refractivity (Wildman–Crippen MR) is 82.0 cm³/mol. The molecule has 0 bridgehead atoms. The maximum atomic E-state index is 5.83. The zero-order chi connectivity index (χ0) is 14.7. The van der Waals surface area contributed by atoms with Crippen molar-refractivity contribution in [3.05, 3.63) is 40.7 Å². The van der Waals surface area contributed by atoms with E-state index in [4.69, 9.17) is 5.73 Å². The molecule has 0 spiro atoms. The highest BCUT2D eigenvalue weighted by Gasteiger charge is 2.20. The highest BCUT2D eigenvalue weighted by Crippen LogP contribution is 2.27. The normalized spacial score (nSPS) is 11.3. The van der Waals surface area contributed by atoms with Crippen LogP contribution in [0, 0.1) is 13.8 Å². The zero-order valence-electron chi connectivity index (χ0n) is 12.8. The second kappa shape index (κ2) is 6.18. The molecule has 0 aliphatic heterocycles. The lowest BCUT2D eigenvalue weighted by Gasteiger charge is -2.16. The van der Waals surface area contributed by atoms with Gasteiger partial charge in [0.05, 0.1) is 11.4 Å². The second-order valence-corrected chi connectivity index (χ2v) is 5.40. The quantitative estimate of drug-likeness (QED) is 0.909. The van der Waals surface area contributed by atoms with Crippen LogP contribution in [0.3, 0.4) is 0 Å². The van der Waals surface area contributed by atoms with E-state index in [2.05, 4.69) is 56.2 Å². The van der Waals surface area contributed by atoms with Crippen LogP contribution in [0.15, 0.2) is 18.2 Å². The fraction of sp³-hybridized carbons (Fsp3) is 0.500. The van der Waals surface area contributed by atoms with E-state index in [-0.39, 0.29) is 0 Å². The Hall–Kier alpha value is -1.68. The van der Waals surface area contributed by atoms with Crippen molar-refractivity contribution in [1.82, 2.24) is 15.0 Å². The average molecular weight is 272 g/mol. The largest absolute Gasteiger partial charge is 0.325 e. The Morgan fingerprint density at radius 2 is 1.70 bits per heavy atom. The molecule has 0 amide bonds. The van der Waals surface area contributed by atoms with Crippen molar-refractivity contribution in [3.63, 3.8) is 0 Å². The number of nitrogens with two attached hydrogens (primary N) is 1. The smallest absolute Gasteiger partial charge is 0.100 e. The van der Waals surface area contributed by atoms with Gasteiger partial charge in [0, 0.05) is 12.5 Å². The van der Waals surface area contributed by atoms with Crippen LogP contribution in [0.1, 0.15) is 55.1 Å². The maximum Gasteiger partial charge on any atom is 0.100 e. The summed E-state index contributed by atoms with van der Waals surface area (Å²) in [5.74, 6) is 0.448. The molecule has 0 saturated heterocycles. The third-order valence-corrected chi connectivity index (χ3v) is 3.80. The van der Waals surface area contributed by atoms with Gasteiger partial charge < -0.3 is 5.73 Å². The van der Waals surface area contributed by atoms with E-state index in [9.17, 15) is 0 Å². The van der Waals surface area contributed by atoms with E-state index in [0.717, 1.165) is 24.2 Å². The zero-order valence-corrected chi connectivity index (χ0v) is 12.8. The van der Waals surface area contributed by atoms with Gasteiger partial charge in [-0.25, -0.2) is 4.68 Å². The van der Waals surface area contributed by atoms with Crippen LogP contribution in [0.2, 0.25) is 0 Å². The Bertz CT molecular complexity index is 562. The first kappa shape index (κ1) is 14.7. The summed E-state index contributed by atoms with van der Waals surface area (Å²) in [5, 5.41) is 8.62. The van der Waals surface area contributed by atoms with Crippen molar-refractivity contribution in [2.24, 2.45) is 5.73 Å². The Morgan fingerprint density at radius 1 is 1.10 bits per heavy atom. The van der Waals surface area contributed by atoms with Crippen LogP contribution in [-0.4, -0.2) is 15.0 Å². The van der Waals surface area contributed by atoms with Crippen LogP contribution >= 0.6 is 0 Å². The highest BCUT2D eigenvalue weighted by molar-refractivity contribution is 5.41. The minimum atomic E-state index is 0.441. The number of hydrogen-bond donors (Lipinski definition) is 1. The van der Waals surface area contributed by atoms with Crippen LogP contribution in [0.5, 0.6) is 0 Å². The molecule has 1 heterocycles. The molecule has 1 aromatic carbocycles. The number of benzene rings is 1. The SMILES string of the molecule is CCC(CC)c1c(CN)nnn1-c1cc(C)cc(C)c1. The molecule has 0 aliphatic rings. The van der Waals surface area contributed by atoms with Crippen LogP contribution in [-0.2, 0) is 6.54 Å². The molecular weight excluding hydrogens is 248 g/mol. The Balaban J connectivity index is 2.59. The molecule has 2 N–H and O–H groups in total. The lowest BCUT2D eigenvalue weighted by atomic mass is 9.97.